The molecular weight excluding hydrogens is 225 g/mol. The van der Waals surface area contributed by atoms with Crippen molar-refractivity contribution < 1.29 is 9.50 Å². The number of benzene rings is 1. The Labute approximate surface area is 100 Å². The Morgan fingerprint density at radius 3 is 2.62 bits per heavy atom. The highest BCUT2D eigenvalue weighted by Crippen LogP contribution is 2.12. The van der Waals surface area contributed by atoms with Gasteiger partial charge in [-0.25, -0.2) is 4.39 Å². The van der Waals surface area contributed by atoms with E-state index in [1.807, 2.05) is 0 Å². The highest BCUT2D eigenvalue weighted by molar-refractivity contribution is 7.98. The summed E-state index contributed by atoms with van der Waals surface area (Å²) in [5, 5.41) is 12.4. The number of halogens is 1. The van der Waals surface area contributed by atoms with E-state index in [4.69, 9.17) is 0 Å². The van der Waals surface area contributed by atoms with Crippen molar-refractivity contribution in [3.63, 3.8) is 0 Å². The lowest BCUT2D eigenvalue weighted by atomic mass is 10.1. The maximum absolute atomic E-state index is 12.7. The van der Waals surface area contributed by atoms with Gasteiger partial charge in [-0.2, -0.15) is 11.8 Å². The molecule has 0 saturated heterocycles. The fourth-order valence-corrected chi connectivity index (χ4v) is 1.92. The smallest absolute Gasteiger partial charge is 0.123 e. The summed E-state index contributed by atoms with van der Waals surface area (Å²) in [6, 6.07) is 6.26. The first-order valence-electron chi connectivity index (χ1n) is 5.38. The first-order valence-corrected chi connectivity index (χ1v) is 6.77. The van der Waals surface area contributed by atoms with Gasteiger partial charge in [0, 0.05) is 11.7 Å². The molecule has 4 heteroatoms. The van der Waals surface area contributed by atoms with Crippen LogP contribution in [0.4, 0.5) is 10.1 Å². The minimum atomic E-state index is -0.242. The number of hydrogen-bond donors (Lipinski definition) is 2. The fourth-order valence-electron chi connectivity index (χ4n) is 1.46. The van der Waals surface area contributed by atoms with Crippen molar-refractivity contribution >= 4 is 17.4 Å². The van der Waals surface area contributed by atoms with Crippen LogP contribution in [-0.4, -0.2) is 29.8 Å². The van der Waals surface area contributed by atoms with Gasteiger partial charge in [0.1, 0.15) is 5.82 Å². The molecule has 0 radical (unpaired) electrons. The van der Waals surface area contributed by atoms with Gasteiger partial charge >= 0.3 is 0 Å². The topological polar surface area (TPSA) is 32.3 Å². The SMILES string of the molecule is CSCCCC(CO)Nc1ccc(F)cc1. The van der Waals surface area contributed by atoms with Crippen LogP contribution in [0.5, 0.6) is 0 Å². The Morgan fingerprint density at radius 2 is 2.06 bits per heavy atom. The second kappa shape index (κ2) is 7.52. The molecule has 0 aromatic heterocycles. The average Bonchev–Trinajstić information content (AvgIpc) is 2.31. The molecule has 0 spiro atoms. The van der Waals surface area contributed by atoms with Gasteiger partial charge in [-0.1, -0.05) is 0 Å². The van der Waals surface area contributed by atoms with Crippen molar-refractivity contribution in [1.29, 1.82) is 0 Å². The van der Waals surface area contributed by atoms with Gasteiger partial charge in [-0.05, 0) is 49.1 Å². The molecule has 1 atom stereocenters. The summed E-state index contributed by atoms with van der Waals surface area (Å²) in [7, 11) is 0. The van der Waals surface area contributed by atoms with Crippen molar-refractivity contribution in [1.82, 2.24) is 0 Å². The normalized spacial score (nSPS) is 12.4. The molecule has 0 saturated carbocycles. The lowest BCUT2D eigenvalue weighted by molar-refractivity contribution is 0.268. The van der Waals surface area contributed by atoms with Crippen LogP contribution in [0.3, 0.4) is 0 Å². The summed E-state index contributed by atoms with van der Waals surface area (Å²) in [6.07, 6.45) is 4.07. The summed E-state index contributed by atoms with van der Waals surface area (Å²) < 4.78 is 12.7. The molecule has 0 aliphatic carbocycles. The van der Waals surface area contributed by atoms with Gasteiger partial charge in [0.25, 0.3) is 0 Å². The predicted molar refractivity (Wildman–Crippen MR) is 68.5 cm³/mol. The maximum atomic E-state index is 12.7. The standard InChI is InChI=1S/C12H18FNOS/c1-16-8-2-3-12(9-15)14-11-6-4-10(13)5-7-11/h4-7,12,14-15H,2-3,8-9H2,1H3. The zero-order valence-corrected chi connectivity index (χ0v) is 10.3. The van der Waals surface area contributed by atoms with Crippen LogP contribution in [-0.2, 0) is 0 Å². The first-order chi connectivity index (χ1) is 7.76. The van der Waals surface area contributed by atoms with Crippen molar-refractivity contribution in [3.05, 3.63) is 30.1 Å². The summed E-state index contributed by atoms with van der Waals surface area (Å²) in [5.74, 6) is 0.857. The Bertz CT molecular complexity index is 292. The second-order valence-corrected chi connectivity index (χ2v) is 4.65. The number of anilines is 1. The van der Waals surface area contributed by atoms with Crippen molar-refractivity contribution in [3.8, 4) is 0 Å². The van der Waals surface area contributed by atoms with E-state index < -0.39 is 0 Å². The van der Waals surface area contributed by atoms with Gasteiger partial charge in [0.2, 0.25) is 0 Å². The third-order valence-corrected chi connectivity index (χ3v) is 3.03. The molecule has 1 aromatic carbocycles. The van der Waals surface area contributed by atoms with Crippen LogP contribution in [0.25, 0.3) is 0 Å². The second-order valence-electron chi connectivity index (χ2n) is 3.67. The summed E-state index contributed by atoms with van der Waals surface area (Å²) in [6.45, 7) is 0.103. The third-order valence-electron chi connectivity index (χ3n) is 2.34. The zero-order valence-electron chi connectivity index (χ0n) is 9.45. The molecule has 0 heterocycles. The Balaban J connectivity index is 2.40. The lowest BCUT2D eigenvalue weighted by Crippen LogP contribution is -2.23. The number of aliphatic hydroxyl groups excluding tert-OH is 1. The van der Waals surface area contributed by atoms with Gasteiger partial charge < -0.3 is 10.4 Å². The molecule has 1 aromatic rings. The van der Waals surface area contributed by atoms with Crippen molar-refractivity contribution in [2.24, 2.45) is 0 Å². The molecule has 2 N–H and O–H groups in total. The fraction of sp³-hybridized carbons (Fsp3) is 0.500. The monoisotopic (exact) mass is 243 g/mol. The van der Waals surface area contributed by atoms with Gasteiger partial charge in [-0.3, -0.25) is 0 Å². The summed E-state index contributed by atoms with van der Waals surface area (Å²) >= 11 is 1.80. The largest absolute Gasteiger partial charge is 0.394 e. The van der Waals surface area contributed by atoms with Crippen molar-refractivity contribution in [2.75, 3.05) is 23.9 Å². The number of aliphatic hydroxyl groups is 1. The van der Waals surface area contributed by atoms with Crippen LogP contribution in [0, 0.1) is 5.82 Å². The minimum absolute atomic E-state index is 0.0533. The molecular formula is C12H18FNOS. The maximum Gasteiger partial charge on any atom is 0.123 e. The van der Waals surface area contributed by atoms with E-state index in [9.17, 15) is 9.50 Å². The van der Waals surface area contributed by atoms with E-state index in [1.165, 1.54) is 12.1 Å². The molecule has 1 unspecified atom stereocenters. The Morgan fingerprint density at radius 1 is 1.38 bits per heavy atom. The van der Waals surface area contributed by atoms with Crippen LogP contribution >= 0.6 is 11.8 Å². The Kier molecular flexibility index (Phi) is 6.26. The number of nitrogens with one attached hydrogen (secondary N) is 1. The lowest BCUT2D eigenvalue weighted by Gasteiger charge is -2.17. The molecule has 0 fully saturated rings. The average molecular weight is 243 g/mol. The summed E-state index contributed by atoms with van der Waals surface area (Å²) in [4.78, 5) is 0. The zero-order chi connectivity index (χ0) is 11.8. The Hall–Kier alpha value is -0.740. The van der Waals surface area contributed by atoms with Crippen LogP contribution in [0.15, 0.2) is 24.3 Å². The summed E-state index contributed by atoms with van der Waals surface area (Å²) in [5.41, 5.74) is 0.851. The van der Waals surface area contributed by atoms with Gasteiger partial charge in [0.15, 0.2) is 0 Å². The highest BCUT2D eigenvalue weighted by Gasteiger charge is 2.06. The minimum Gasteiger partial charge on any atom is -0.394 e. The molecule has 0 amide bonds. The van der Waals surface area contributed by atoms with Crippen LogP contribution in [0.1, 0.15) is 12.8 Å². The first kappa shape index (κ1) is 13.3. The van der Waals surface area contributed by atoms with Crippen LogP contribution in [0.2, 0.25) is 0 Å². The molecule has 2 nitrogen and oxygen atoms in total. The molecule has 90 valence electrons. The highest BCUT2D eigenvalue weighted by atomic mass is 32.2. The van der Waals surface area contributed by atoms with Gasteiger partial charge in [-0.15, -0.1) is 0 Å². The quantitative estimate of drug-likeness (QED) is 0.722. The van der Waals surface area contributed by atoms with E-state index in [0.717, 1.165) is 24.3 Å². The van der Waals surface area contributed by atoms with E-state index in [1.54, 1.807) is 23.9 Å². The number of rotatable bonds is 7. The van der Waals surface area contributed by atoms with E-state index in [0.29, 0.717) is 0 Å². The van der Waals surface area contributed by atoms with E-state index in [-0.39, 0.29) is 18.5 Å². The third kappa shape index (κ3) is 4.86. The van der Waals surface area contributed by atoms with E-state index in [2.05, 4.69) is 11.6 Å². The van der Waals surface area contributed by atoms with Crippen LogP contribution < -0.4 is 5.32 Å². The van der Waals surface area contributed by atoms with Crippen molar-refractivity contribution in [2.45, 2.75) is 18.9 Å². The molecule has 1 rings (SSSR count). The van der Waals surface area contributed by atoms with E-state index >= 15 is 0 Å². The van der Waals surface area contributed by atoms with Gasteiger partial charge in [0.05, 0.1) is 6.61 Å². The number of thioether (sulfide) groups is 1. The molecule has 16 heavy (non-hydrogen) atoms. The molecule has 0 bridgehead atoms. The molecule has 0 aliphatic rings. The number of hydrogen-bond acceptors (Lipinski definition) is 3. The molecule has 0 aliphatic heterocycles. The predicted octanol–water partition coefficient (Wildman–Crippen LogP) is 2.74.